The van der Waals surface area contributed by atoms with Crippen LogP contribution in [-0.4, -0.2) is 12.5 Å². The largest absolute Gasteiger partial charge is 0.345 e. The van der Waals surface area contributed by atoms with E-state index in [1.165, 1.54) is 0 Å². The average Bonchev–Trinajstić information content (AvgIpc) is 2.21. The molecular weight excluding hydrogens is 233 g/mol. The van der Waals surface area contributed by atoms with Gasteiger partial charge in [-0.2, -0.15) is 0 Å². The minimum absolute atomic E-state index is 0.139. The van der Waals surface area contributed by atoms with Crippen molar-refractivity contribution >= 4 is 29.1 Å². The van der Waals surface area contributed by atoms with Gasteiger partial charge in [0.1, 0.15) is 0 Å². The van der Waals surface area contributed by atoms with Crippen molar-refractivity contribution in [3.8, 4) is 12.3 Å². The Hall–Kier alpha value is -1.17. The second-order valence-electron chi connectivity index (χ2n) is 2.86. The summed E-state index contributed by atoms with van der Waals surface area (Å²) in [7, 11) is 0. The molecule has 0 aliphatic carbocycles. The van der Waals surface area contributed by atoms with E-state index in [0.717, 1.165) is 0 Å². The van der Waals surface area contributed by atoms with Crippen LogP contribution in [0.2, 0.25) is 10.0 Å². The normalized spacial score (nSPS) is 9.40. The summed E-state index contributed by atoms with van der Waals surface area (Å²) in [4.78, 5) is 11.4. The number of hydrogen-bond donors (Lipinski definition) is 1. The fourth-order valence-corrected chi connectivity index (χ4v) is 1.60. The molecule has 78 valence electrons. The fourth-order valence-electron chi connectivity index (χ4n) is 1.07. The number of rotatable bonds is 3. The standard InChI is InChI=1S/C11H9Cl2NO/c1-2-6-14-11(15)7-8-9(12)4-3-5-10(8)13/h1,3-5H,6-7H2,(H,14,15). The van der Waals surface area contributed by atoms with Crippen LogP contribution in [0.25, 0.3) is 0 Å². The van der Waals surface area contributed by atoms with Crippen LogP contribution in [0.4, 0.5) is 0 Å². The van der Waals surface area contributed by atoms with Crippen molar-refractivity contribution in [2.24, 2.45) is 0 Å². The van der Waals surface area contributed by atoms with Gasteiger partial charge in [-0.05, 0) is 17.7 Å². The molecule has 4 heteroatoms. The van der Waals surface area contributed by atoms with Crippen LogP contribution < -0.4 is 5.32 Å². The van der Waals surface area contributed by atoms with Crippen LogP contribution in [-0.2, 0) is 11.2 Å². The summed E-state index contributed by atoms with van der Waals surface area (Å²) in [6, 6.07) is 5.11. The van der Waals surface area contributed by atoms with Gasteiger partial charge in [0.25, 0.3) is 0 Å². The smallest absolute Gasteiger partial charge is 0.225 e. The van der Waals surface area contributed by atoms with Gasteiger partial charge in [-0.1, -0.05) is 35.2 Å². The van der Waals surface area contributed by atoms with Gasteiger partial charge in [0.15, 0.2) is 0 Å². The highest BCUT2D eigenvalue weighted by Gasteiger charge is 2.09. The molecule has 0 unspecified atom stereocenters. The average molecular weight is 242 g/mol. The lowest BCUT2D eigenvalue weighted by Gasteiger charge is -2.06. The molecule has 0 spiro atoms. The summed E-state index contributed by atoms with van der Waals surface area (Å²) in [6.45, 7) is 0.209. The summed E-state index contributed by atoms with van der Waals surface area (Å²) in [5.74, 6) is 2.12. The summed E-state index contributed by atoms with van der Waals surface area (Å²) < 4.78 is 0. The number of nitrogens with one attached hydrogen (secondary N) is 1. The molecule has 0 saturated carbocycles. The zero-order chi connectivity index (χ0) is 11.3. The minimum atomic E-state index is -0.192. The molecule has 15 heavy (non-hydrogen) atoms. The molecule has 0 aliphatic heterocycles. The van der Waals surface area contributed by atoms with Gasteiger partial charge in [0, 0.05) is 10.0 Å². The number of halogens is 2. The van der Waals surface area contributed by atoms with Gasteiger partial charge in [-0.25, -0.2) is 0 Å². The van der Waals surface area contributed by atoms with Crippen molar-refractivity contribution in [1.82, 2.24) is 5.32 Å². The van der Waals surface area contributed by atoms with Crippen LogP contribution >= 0.6 is 23.2 Å². The van der Waals surface area contributed by atoms with Crippen molar-refractivity contribution < 1.29 is 4.79 Å². The lowest BCUT2D eigenvalue weighted by molar-refractivity contribution is -0.120. The quantitative estimate of drug-likeness (QED) is 0.809. The summed E-state index contributed by atoms with van der Waals surface area (Å²) in [5.41, 5.74) is 0.621. The zero-order valence-electron chi connectivity index (χ0n) is 7.89. The van der Waals surface area contributed by atoms with E-state index in [0.29, 0.717) is 15.6 Å². The van der Waals surface area contributed by atoms with E-state index in [9.17, 15) is 4.79 Å². The zero-order valence-corrected chi connectivity index (χ0v) is 9.40. The van der Waals surface area contributed by atoms with Crippen LogP contribution in [0, 0.1) is 12.3 Å². The number of carbonyl (C=O) groups is 1. The monoisotopic (exact) mass is 241 g/mol. The third kappa shape index (κ3) is 3.47. The Morgan fingerprint density at radius 2 is 2.00 bits per heavy atom. The highest BCUT2D eigenvalue weighted by atomic mass is 35.5. The Balaban J connectivity index is 2.73. The first kappa shape index (κ1) is 11.9. The van der Waals surface area contributed by atoms with E-state index in [-0.39, 0.29) is 18.9 Å². The van der Waals surface area contributed by atoms with Crippen molar-refractivity contribution in [1.29, 1.82) is 0 Å². The molecule has 0 bridgehead atoms. The Morgan fingerprint density at radius 3 is 2.53 bits per heavy atom. The molecule has 0 atom stereocenters. The summed E-state index contributed by atoms with van der Waals surface area (Å²) in [6.07, 6.45) is 5.15. The molecule has 1 aromatic carbocycles. The maximum absolute atomic E-state index is 11.4. The Bertz CT molecular complexity index is 389. The van der Waals surface area contributed by atoms with Gasteiger partial charge in [0.05, 0.1) is 13.0 Å². The number of hydrogen-bond acceptors (Lipinski definition) is 1. The van der Waals surface area contributed by atoms with Gasteiger partial charge in [0.2, 0.25) is 5.91 Å². The van der Waals surface area contributed by atoms with Crippen LogP contribution in [0.1, 0.15) is 5.56 Å². The van der Waals surface area contributed by atoms with E-state index < -0.39 is 0 Å². The lowest BCUT2D eigenvalue weighted by Crippen LogP contribution is -2.25. The van der Waals surface area contributed by atoms with E-state index in [1.807, 2.05) is 0 Å². The predicted octanol–water partition coefficient (Wildman–Crippen LogP) is 2.29. The molecule has 1 aromatic rings. The third-order valence-electron chi connectivity index (χ3n) is 1.79. The van der Waals surface area contributed by atoms with Gasteiger partial charge >= 0.3 is 0 Å². The molecule has 1 amide bonds. The van der Waals surface area contributed by atoms with Gasteiger partial charge in [-0.3, -0.25) is 4.79 Å². The van der Waals surface area contributed by atoms with E-state index >= 15 is 0 Å². The molecule has 1 rings (SSSR count). The second kappa shape index (κ2) is 5.65. The summed E-state index contributed by atoms with van der Waals surface area (Å²) >= 11 is 11.8. The Labute approximate surface area is 98.6 Å². The molecule has 2 nitrogen and oxygen atoms in total. The highest BCUT2D eigenvalue weighted by molar-refractivity contribution is 6.36. The third-order valence-corrected chi connectivity index (χ3v) is 2.49. The Morgan fingerprint density at radius 1 is 1.40 bits per heavy atom. The first-order chi connectivity index (χ1) is 7.15. The highest BCUT2D eigenvalue weighted by Crippen LogP contribution is 2.24. The van der Waals surface area contributed by atoms with E-state index in [2.05, 4.69) is 11.2 Å². The topological polar surface area (TPSA) is 29.1 Å². The van der Waals surface area contributed by atoms with Crippen molar-refractivity contribution in [2.75, 3.05) is 6.54 Å². The predicted molar refractivity (Wildman–Crippen MR) is 62.0 cm³/mol. The second-order valence-corrected chi connectivity index (χ2v) is 3.67. The fraction of sp³-hybridized carbons (Fsp3) is 0.182. The Kier molecular flexibility index (Phi) is 4.48. The molecule has 0 fully saturated rings. The van der Waals surface area contributed by atoms with E-state index in [1.54, 1.807) is 18.2 Å². The number of terminal acetylenes is 1. The van der Waals surface area contributed by atoms with Crippen LogP contribution in [0.3, 0.4) is 0 Å². The minimum Gasteiger partial charge on any atom is -0.345 e. The molecular formula is C11H9Cl2NO. The maximum atomic E-state index is 11.4. The first-order valence-corrected chi connectivity index (χ1v) is 5.03. The number of carbonyl (C=O) groups excluding carboxylic acids is 1. The van der Waals surface area contributed by atoms with Crippen molar-refractivity contribution in [2.45, 2.75) is 6.42 Å². The van der Waals surface area contributed by atoms with Crippen LogP contribution in [0.15, 0.2) is 18.2 Å². The first-order valence-electron chi connectivity index (χ1n) is 4.28. The van der Waals surface area contributed by atoms with Crippen LogP contribution in [0.5, 0.6) is 0 Å². The van der Waals surface area contributed by atoms with Crippen molar-refractivity contribution in [3.63, 3.8) is 0 Å². The van der Waals surface area contributed by atoms with Gasteiger partial charge in [-0.15, -0.1) is 6.42 Å². The molecule has 0 aromatic heterocycles. The molecule has 1 N–H and O–H groups in total. The lowest BCUT2D eigenvalue weighted by atomic mass is 10.1. The van der Waals surface area contributed by atoms with Crippen molar-refractivity contribution in [3.05, 3.63) is 33.8 Å². The molecule has 0 heterocycles. The molecule has 0 aliphatic rings. The number of benzene rings is 1. The number of amides is 1. The van der Waals surface area contributed by atoms with Gasteiger partial charge < -0.3 is 5.32 Å². The maximum Gasteiger partial charge on any atom is 0.225 e. The van der Waals surface area contributed by atoms with E-state index in [4.69, 9.17) is 29.6 Å². The molecule has 0 radical (unpaired) electrons. The SMILES string of the molecule is C#CCNC(=O)Cc1c(Cl)cccc1Cl. The summed E-state index contributed by atoms with van der Waals surface area (Å²) in [5, 5.41) is 3.51. The molecule has 0 saturated heterocycles.